The van der Waals surface area contributed by atoms with E-state index in [1.54, 1.807) is 6.08 Å². The first-order valence-electron chi connectivity index (χ1n) is 3.36. The van der Waals surface area contributed by atoms with E-state index < -0.39 is 5.13 Å². The van der Waals surface area contributed by atoms with Crippen LogP contribution in [-0.4, -0.2) is 5.16 Å². The minimum Gasteiger partial charge on any atom is -0.193 e. The molecule has 0 unspecified atom stereocenters. The normalized spacial score (nSPS) is 9.38. The molecule has 0 atom stereocenters. The maximum absolute atomic E-state index is 13.1. The van der Waals surface area contributed by atoms with Crippen LogP contribution in [0.1, 0.15) is 4.88 Å². The van der Waals surface area contributed by atoms with Gasteiger partial charge < -0.3 is 0 Å². The summed E-state index contributed by atoms with van der Waals surface area (Å²) in [5.74, 6) is 0. The molecule has 13 heavy (non-hydrogen) atoms. The number of thiophene rings is 1. The Morgan fingerprint density at radius 2 is 2.46 bits per heavy atom. The van der Waals surface area contributed by atoms with Crippen molar-refractivity contribution in [3.05, 3.63) is 27.7 Å². The molecule has 5 heteroatoms. The summed E-state index contributed by atoms with van der Waals surface area (Å²) in [5.41, 5.74) is 0.0820. The fraction of sp³-hybridized carbons (Fsp3) is 0.125. The molecule has 1 nitrogen and oxygen atoms in total. The van der Waals surface area contributed by atoms with Crippen molar-refractivity contribution in [1.82, 2.24) is 0 Å². The van der Waals surface area contributed by atoms with Crippen LogP contribution in [-0.2, 0) is 6.42 Å². The number of hydrogen-bond acceptors (Lipinski definition) is 3. The SMILES string of the molecule is C=CCc1sc(F)c(N=C=S)c1Cl. The monoisotopic (exact) mass is 233 g/mol. The highest BCUT2D eigenvalue weighted by molar-refractivity contribution is 7.78. The van der Waals surface area contributed by atoms with Crippen molar-refractivity contribution >= 4 is 46.0 Å². The van der Waals surface area contributed by atoms with Gasteiger partial charge in [0.05, 0.1) is 10.2 Å². The molecule has 0 aliphatic heterocycles. The van der Waals surface area contributed by atoms with Crippen LogP contribution in [0.4, 0.5) is 10.1 Å². The Kier molecular flexibility index (Phi) is 3.75. The van der Waals surface area contributed by atoms with Crippen molar-refractivity contribution < 1.29 is 4.39 Å². The van der Waals surface area contributed by atoms with Crippen molar-refractivity contribution in [2.45, 2.75) is 6.42 Å². The van der Waals surface area contributed by atoms with E-state index in [-0.39, 0.29) is 5.69 Å². The number of rotatable bonds is 3. The number of allylic oxidation sites excluding steroid dienone is 1. The largest absolute Gasteiger partial charge is 0.204 e. The van der Waals surface area contributed by atoms with Gasteiger partial charge in [0.1, 0.15) is 5.69 Å². The van der Waals surface area contributed by atoms with Gasteiger partial charge in [0.15, 0.2) is 0 Å². The second-order valence-corrected chi connectivity index (χ2v) is 3.77. The first-order valence-corrected chi connectivity index (χ1v) is 4.96. The minimum absolute atomic E-state index is 0.0820. The second-order valence-electron chi connectivity index (χ2n) is 2.16. The molecule has 0 saturated heterocycles. The zero-order valence-corrected chi connectivity index (χ0v) is 8.90. The van der Waals surface area contributed by atoms with E-state index in [4.69, 9.17) is 11.6 Å². The molecule has 0 amide bonds. The number of halogens is 2. The van der Waals surface area contributed by atoms with Crippen molar-refractivity contribution in [3.63, 3.8) is 0 Å². The Balaban J connectivity index is 3.20. The minimum atomic E-state index is -0.431. The van der Waals surface area contributed by atoms with Gasteiger partial charge in [-0.15, -0.1) is 17.9 Å². The van der Waals surface area contributed by atoms with E-state index in [0.29, 0.717) is 16.3 Å². The third-order valence-electron chi connectivity index (χ3n) is 1.34. The number of nitrogens with zero attached hydrogens (tertiary/aromatic N) is 1. The summed E-state index contributed by atoms with van der Waals surface area (Å²) in [4.78, 5) is 4.25. The fourth-order valence-corrected chi connectivity index (χ4v) is 2.13. The van der Waals surface area contributed by atoms with Gasteiger partial charge in [-0.3, -0.25) is 0 Å². The van der Waals surface area contributed by atoms with Crippen molar-refractivity contribution in [3.8, 4) is 0 Å². The molecule has 68 valence electrons. The van der Waals surface area contributed by atoms with Gasteiger partial charge in [-0.1, -0.05) is 17.7 Å². The topological polar surface area (TPSA) is 12.4 Å². The van der Waals surface area contributed by atoms with E-state index in [0.717, 1.165) is 11.3 Å². The van der Waals surface area contributed by atoms with Crippen molar-refractivity contribution in [2.24, 2.45) is 4.99 Å². The molecule has 1 heterocycles. The molecule has 0 aliphatic carbocycles. The van der Waals surface area contributed by atoms with E-state index >= 15 is 0 Å². The van der Waals surface area contributed by atoms with Crippen LogP contribution in [0.25, 0.3) is 0 Å². The molecule has 0 aliphatic rings. The first-order chi connectivity index (χ1) is 6.20. The average Bonchev–Trinajstić information content (AvgIpc) is 2.34. The lowest BCUT2D eigenvalue weighted by Gasteiger charge is -1.89. The molecule has 0 saturated carbocycles. The summed E-state index contributed by atoms with van der Waals surface area (Å²) >= 11 is 11.2. The Hall–Kier alpha value is -0.540. The summed E-state index contributed by atoms with van der Waals surface area (Å²) in [6.07, 6.45) is 2.19. The number of hydrogen-bond donors (Lipinski definition) is 0. The summed E-state index contributed by atoms with van der Waals surface area (Å²) in [6, 6.07) is 0. The lowest BCUT2D eigenvalue weighted by Crippen LogP contribution is -1.72. The standard InChI is InChI=1S/C8H5ClFNS2/c1-2-3-5-6(9)7(11-4-12)8(10)13-5/h2H,1,3H2. The zero-order chi connectivity index (χ0) is 9.84. The van der Waals surface area contributed by atoms with Gasteiger partial charge in [-0.05, 0) is 12.2 Å². The van der Waals surface area contributed by atoms with Crippen LogP contribution < -0.4 is 0 Å². The Labute approximate surface area is 89.6 Å². The van der Waals surface area contributed by atoms with Gasteiger partial charge in [0, 0.05) is 11.3 Å². The molecule has 1 rings (SSSR count). The maximum atomic E-state index is 13.1. The first kappa shape index (κ1) is 10.5. The van der Waals surface area contributed by atoms with Crippen LogP contribution >= 0.6 is 35.2 Å². The summed E-state index contributed by atoms with van der Waals surface area (Å²) in [6.45, 7) is 3.54. The van der Waals surface area contributed by atoms with Crippen LogP contribution in [0.5, 0.6) is 0 Å². The summed E-state index contributed by atoms with van der Waals surface area (Å²) in [5, 5.41) is 1.96. The second kappa shape index (κ2) is 4.63. The van der Waals surface area contributed by atoms with Crippen LogP contribution in [0.3, 0.4) is 0 Å². The molecule has 1 aromatic rings. The molecular formula is C8H5ClFNS2. The van der Waals surface area contributed by atoms with Crippen LogP contribution in [0, 0.1) is 5.13 Å². The third-order valence-corrected chi connectivity index (χ3v) is 2.94. The maximum Gasteiger partial charge on any atom is 0.204 e. The zero-order valence-electron chi connectivity index (χ0n) is 6.51. The number of isothiocyanates is 1. The Bertz CT molecular complexity index is 380. The molecule has 0 fully saturated rings. The van der Waals surface area contributed by atoms with Crippen LogP contribution in [0.2, 0.25) is 5.02 Å². The predicted octanol–water partition coefficient (Wildman–Crippen LogP) is 4.00. The number of thiocarbonyl (C=S) groups is 1. The lowest BCUT2D eigenvalue weighted by atomic mass is 10.3. The van der Waals surface area contributed by atoms with Gasteiger partial charge in [0.25, 0.3) is 0 Å². The van der Waals surface area contributed by atoms with Crippen LogP contribution in [0.15, 0.2) is 17.6 Å². The van der Waals surface area contributed by atoms with E-state index in [1.807, 2.05) is 0 Å². The predicted molar refractivity (Wildman–Crippen MR) is 57.9 cm³/mol. The molecule has 0 aromatic carbocycles. The number of aliphatic imine (C=N–C) groups is 1. The Morgan fingerprint density at radius 1 is 1.77 bits per heavy atom. The van der Waals surface area contributed by atoms with E-state index in [1.165, 1.54) is 0 Å². The highest BCUT2D eigenvalue weighted by Crippen LogP contribution is 2.38. The smallest absolute Gasteiger partial charge is 0.193 e. The molecular weight excluding hydrogens is 229 g/mol. The van der Waals surface area contributed by atoms with Gasteiger partial charge in [-0.25, -0.2) is 0 Å². The van der Waals surface area contributed by atoms with Gasteiger partial charge in [0.2, 0.25) is 5.13 Å². The van der Waals surface area contributed by atoms with Crippen molar-refractivity contribution in [1.29, 1.82) is 0 Å². The summed E-state index contributed by atoms with van der Waals surface area (Å²) in [7, 11) is 0. The van der Waals surface area contributed by atoms with Gasteiger partial charge in [-0.2, -0.15) is 9.38 Å². The summed E-state index contributed by atoms with van der Waals surface area (Å²) < 4.78 is 13.1. The fourth-order valence-electron chi connectivity index (χ4n) is 0.821. The Morgan fingerprint density at radius 3 is 3.00 bits per heavy atom. The molecule has 0 spiro atoms. The van der Waals surface area contributed by atoms with Crippen molar-refractivity contribution in [2.75, 3.05) is 0 Å². The molecule has 0 N–H and O–H groups in total. The molecule has 1 aromatic heterocycles. The third kappa shape index (κ3) is 2.23. The molecule has 0 bridgehead atoms. The van der Waals surface area contributed by atoms with E-state index in [2.05, 4.69) is 29.0 Å². The highest BCUT2D eigenvalue weighted by Gasteiger charge is 2.14. The highest BCUT2D eigenvalue weighted by atomic mass is 35.5. The van der Waals surface area contributed by atoms with E-state index in [9.17, 15) is 4.39 Å². The van der Waals surface area contributed by atoms with Gasteiger partial charge >= 0.3 is 0 Å². The lowest BCUT2D eigenvalue weighted by molar-refractivity contribution is 0.659. The average molecular weight is 234 g/mol. The molecule has 0 radical (unpaired) electrons. The quantitative estimate of drug-likeness (QED) is 0.437.